The van der Waals surface area contributed by atoms with E-state index in [1.165, 1.54) is 38.5 Å². The third-order valence-corrected chi connectivity index (χ3v) is 8.48. The van der Waals surface area contributed by atoms with Crippen molar-refractivity contribution < 1.29 is 14.3 Å². The molecule has 1 aromatic rings. The molecule has 0 radical (unpaired) electrons. The molecule has 6 rings (SSSR count). The van der Waals surface area contributed by atoms with Gasteiger partial charge in [0.2, 0.25) is 11.8 Å². The van der Waals surface area contributed by atoms with Gasteiger partial charge in [-0.1, -0.05) is 12.1 Å². The van der Waals surface area contributed by atoms with Gasteiger partial charge in [-0.3, -0.25) is 9.59 Å². The largest absolute Gasteiger partial charge is 0.494 e. The minimum atomic E-state index is 0.157. The van der Waals surface area contributed by atoms with Crippen LogP contribution in [0.5, 0.6) is 5.75 Å². The van der Waals surface area contributed by atoms with Gasteiger partial charge in [-0.15, -0.1) is 0 Å². The summed E-state index contributed by atoms with van der Waals surface area (Å²) >= 11 is 0. The molecule has 32 heavy (non-hydrogen) atoms. The highest BCUT2D eigenvalue weighted by Crippen LogP contribution is 2.61. The number of ether oxygens (including phenoxy) is 1. The van der Waals surface area contributed by atoms with Crippen LogP contribution in [-0.2, 0) is 16.0 Å². The summed E-state index contributed by atoms with van der Waals surface area (Å²) in [7, 11) is 0. The third-order valence-electron chi connectivity index (χ3n) is 8.48. The quantitative estimate of drug-likeness (QED) is 0.666. The number of amides is 2. The fourth-order valence-corrected chi connectivity index (χ4v) is 7.51. The second-order valence-electron chi connectivity index (χ2n) is 11.0. The Bertz CT molecular complexity index is 799. The van der Waals surface area contributed by atoms with Crippen LogP contribution in [0.15, 0.2) is 24.3 Å². The van der Waals surface area contributed by atoms with Gasteiger partial charge in [-0.25, -0.2) is 0 Å². The molecule has 0 aromatic heterocycles. The fourth-order valence-electron chi connectivity index (χ4n) is 7.51. The van der Waals surface area contributed by atoms with Gasteiger partial charge in [0.15, 0.2) is 0 Å². The first kappa shape index (κ1) is 21.8. The number of carbonyl (C=O) groups excluding carboxylic acids is 2. The Hall–Kier alpha value is -2.04. The molecule has 0 N–H and O–H groups in total. The topological polar surface area (TPSA) is 49.9 Å². The fraction of sp³-hybridized carbons (Fsp3) is 0.704. The van der Waals surface area contributed by atoms with Crippen LogP contribution in [0.1, 0.15) is 63.9 Å². The minimum absolute atomic E-state index is 0.157. The summed E-state index contributed by atoms with van der Waals surface area (Å²) in [6.45, 7) is 5.48. The number of rotatable bonds is 6. The predicted molar refractivity (Wildman–Crippen MR) is 124 cm³/mol. The van der Waals surface area contributed by atoms with E-state index in [2.05, 4.69) is 4.90 Å². The van der Waals surface area contributed by atoms with E-state index in [-0.39, 0.29) is 5.91 Å². The molecule has 5 aliphatic rings. The van der Waals surface area contributed by atoms with Crippen LogP contribution in [0.3, 0.4) is 0 Å². The zero-order chi connectivity index (χ0) is 22.1. The summed E-state index contributed by atoms with van der Waals surface area (Å²) in [4.78, 5) is 30.2. The smallest absolute Gasteiger partial charge is 0.227 e. The molecular formula is C27H38N2O3. The molecule has 1 heterocycles. The third kappa shape index (κ3) is 4.67. The highest BCUT2D eigenvalue weighted by molar-refractivity contribution is 5.79. The van der Waals surface area contributed by atoms with Crippen molar-refractivity contribution in [2.45, 2.75) is 64.7 Å². The van der Waals surface area contributed by atoms with Crippen LogP contribution in [0, 0.1) is 23.2 Å². The van der Waals surface area contributed by atoms with Crippen molar-refractivity contribution in [1.29, 1.82) is 0 Å². The van der Waals surface area contributed by atoms with E-state index in [1.807, 2.05) is 36.1 Å². The molecule has 5 nitrogen and oxygen atoms in total. The van der Waals surface area contributed by atoms with Crippen LogP contribution < -0.4 is 4.74 Å². The first-order valence-corrected chi connectivity index (χ1v) is 12.8. The van der Waals surface area contributed by atoms with Crippen molar-refractivity contribution >= 4 is 11.8 Å². The molecule has 0 unspecified atom stereocenters. The Balaban J connectivity index is 1.14. The summed E-state index contributed by atoms with van der Waals surface area (Å²) in [5, 5.41) is 0. The van der Waals surface area contributed by atoms with Gasteiger partial charge in [-0.05, 0) is 92.7 Å². The number of benzene rings is 1. The van der Waals surface area contributed by atoms with E-state index in [4.69, 9.17) is 4.74 Å². The van der Waals surface area contributed by atoms with Crippen LogP contribution >= 0.6 is 0 Å². The molecule has 5 heteroatoms. The summed E-state index contributed by atoms with van der Waals surface area (Å²) in [6, 6.07) is 7.81. The van der Waals surface area contributed by atoms with Crippen molar-refractivity contribution in [1.82, 2.24) is 9.80 Å². The predicted octanol–water partition coefficient (Wildman–Crippen LogP) is 4.30. The molecule has 1 saturated heterocycles. The Kier molecular flexibility index (Phi) is 6.18. The van der Waals surface area contributed by atoms with Crippen molar-refractivity contribution in [3.8, 4) is 5.75 Å². The van der Waals surface area contributed by atoms with E-state index in [0.717, 1.165) is 55.0 Å². The number of hydrogen-bond acceptors (Lipinski definition) is 3. The number of hydrogen-bond donors (Lipinski definition) is 0. The molecule has 4 bridgehead atoms. The normalized spacial score (nSPS) is 31.5. The lowest BCUT2D eigenvalue weighted by molar-refractivity contribution is -0.140. The molecule has 0 atom stereocenters. The molecule has 4 aliphatic carbocycles. The van der Waals surface area contributed by atoms with Crippen LogP contribution in [0.25, 0.3) is 0 Å². The first-order valence-electron chi connectivity index (χ1n) is 12.8. The van der Waals surface area contributed by atoms with E-state index in [0.29, 0.717) is 37.4 Å². The molecular weight excluding hydrogens is 400 g/mol. The Morgan fingerprint density at radius 3 is 2.00 bits per heavy atom. The molecule has 2 amide bonds. The van der Waals surface area contributed by atoms with Crippen molar-refractivity contribution in [2.75, 3.05) is 32.8 Å². The van der Waals surface area contributed by atoms with Crippen LogP contribution in [0.4, 0.5) is 0 Å². The summed E-state index contributed by atoms with van der Waals surface area (Å²) in [5.74, 6) is 3.99. The lowest BCUT2D eigenvalue weighted by Gasteiger charge is -2.57. The van der Waals surface area contributed by atoms with Gasteiger partial charge in [-0.2, -0.15) is 0 Å². The molecule has 5 fully saturated rings. The molecule has 0 spiro atoms. The Labute approximate surface area is 192 Å². The molecule has 1 aliphatic heterocycles. The van der Waals surface area contributed by atoms with Crippen molar-refractivity contribution in [3.63, 3.8) is 0 Å². The second-order valence-corrected chi connectivity index (χ2v) is 11.0. The zero-order valence-corrected chi connectivity index (χ0v) is 19.6. The molecule has 1 aromatic carbocycles. The monoisotopic (exact) mass is 438 g/mol. The summed E-state index contributed by atoms with van der Waals surface area (Å²) < 4.78 is 5.49. The maximum Gasteiger partial charge on any atom is 0.227 e. The Morgan fingerprint density at radius 2 is 1.44 bits per heavy atom. The van der Waals surface area contributed by atoms with Crippen LogP contribution in [0.2, 0.25) is 0 Å². The maximum absolute atomic E-state index is 13.3. The van der Waals surface area contributed by atoms with Crippen molar-refractivity contribution in [2.24, 2.45) is 23.2 Å². The van der Waals surface area contributed by atoms with E-state index < -0.39 is 0 Å². The second kappa shape index (κ2) is 9.07. The van der Waals surface area contributed by atoms with Crippen LogP contribution in [-0.4, -0.2) is 54.4 Å². The van der Waals surface area contributed by atoms with Gasteiger partial charge in [0.25, 0.3) is 0 Å². The first-order chi connectivity index (χ1) is 15.5. The van der Waals surface area contributed by atoms with Gasteiger partial charge < -0.3 is 14.5 Å². The van der Waals surface area contributed by atoms with Gasteiger partial charge >= 0.3 is 0 Å². The SMILES string of the molecule is CCOc1ccc(CC(=O)N2CCCN(C(=O)CC34CC5CC(CC(C5)C3)C4)CC2)cc1. The zero-order valence-electron chi connectivity index (χ0n) is 19.6. The summed E-state index contributed by atoms with van der Waals surface area (Å²) in [6.07, 6.45) is 10.1. The highest BCUT2D eigenvalue weighted by atomic mass is 16.5. The minimum Gasteiger partial charge on any atom is -0.494 e. The number of nitrogens with zero attached hydrogens (tertiary/aromatic N) is 2. The maximum atomic E-state index is 13.3. The van der Waals surface area contributed by atoms with E-state index in [1.54, 1.807) is 0 Å². The lowest BCUT2D eigenvalue weighted by Crippen LogP contribution is -2.48. The summed E-state index contributed by atoms with van der Waals surface area (Å²) in [5.41, 5.74) is 1.30. The number of carbonyl (C=O) groups is 2. The average Bonchev–Trinajstić information content (AvgIpc) is 3.01. The van der Waals surface area contributed by atoms with E-state index in [9.17, 15) is 9.59 Å². The lowest BCUT2D eigenvalue weighted by atomic mass is 9.49. The molecule has 4 saturated carbocycles. The van der Waals surface area contributed by atoms with Crippen molar-refractivity contribution in [3.05, 3.63) is 29.8 Å². The van der Waals surface area contributed by atoms with E-state index >= 15 is 0 Å². The van der Waals surface area contributed by atoms with Gasteiger partial charge in [0, 0.05) is 32.6 Å². The molecule has 174 valence electrons. The average molecular weight is 439 g/mol. The highest BCUT2D eigenvalue weighted by Gasteiger charge is 2.51. The van der Waals surface area contributed by atoms with Gasteiger partial charge in [0.05, 0.1) is 13.0 Å². The Morgan fingerprint density at radius 1 is 0.875 bits per heavy atom. The standard InChI is InChI=1S/C27H38N2O3/c1-2-32-24-6-4-20(5-7-24)15-25(30)28-8-3-9-29(11-10-28)26(31)19-27-16-21-12-22(17-27)14-23(13-21)18-27/h4-7,21-23H,2-3,8-19H2,1H3. The van der Waals surface area contributed by atoms with Gasteiger partial charge in [0.1, 0.15) is 5.75 Å².